The van der Waals surface area contributed by atoms with Crippen LogP contribution >= 0.6 is 0 Å². The molecule has 0 radical (unpaired) electrons. The number of ether oxygens (including phenoxy) is 3. The van der Waals surface area contributed by atoms with E-state index in [4.69, 9.17) is 25.4 Å². The molecule has 0 bridgehead atoms. The van der Waals surface area contributed by atoms with Gasteiger partial charge in [-0.05, 0) is 43.4 Å². The summed E-state index contributed by atoms with van der Waals surface area (Å²) in [6.45, 7) is 0.470. The summed E-state index contributed by atoms with van der Waals surface area (Å²) in [6, 6.07) is 8.09. The van der Waals surface area contributed by atoms with E-state index in [2.05, 4.69) is 15.0 Å². The second-order valence-corrected chi connectivity index (χ2v) is 10.8. The number of carbonyl (C=O) groups excluding carboxylic acids is 1. The van der Waals surface area contributed by atoms with Gasteiger partial charge in [-0.1, -0.05) is 0 Å². The molecule has 0 saturated heterocycles. The highest BCUT2D eigenvalue weighted by atomic mass is 32.2. The number of aliphatic imine (C=N–C) groups is 1. The monoisotopic (exact) mass is 625 g/mol. The minimum absolute atomic E-state index is 0.00638. The van der Waals surface area contributed by atoms with E-state index in [0.29, 0.717) is 18.3 Å². The van der Waals surface area contributed by atoms with E-state index < -0.39 is 51.9 Å². The van der Waals surface area contributed by atoms with E-state index in [1.54, 1.807) is 13.3 Å². The number of imidazole rings is 1. The number of carbonyl (C=O) groups is 1. The number of phenolic OH excluding ortho intramolecular Hbond substituents is 1. The molecule has 1 aliphatic heterocycles. The zero-order valence-corrected chi connectivity index (χ0v) is 24.3. The van der Waals surface area contributed by atoms with Crippen LogP contribution in [0, 0.1) is 17.0 Å². The van der Waals surface area contributed by atoms with Gasteiger partial charge in [0.15, 0.2) is 17.3 Å². The summed E-state index contributed by atoms with van der Waals surface area (Å²) < 4.78 is 61.3. The van der Waals surface area contributed by atoms with E-state index in [0.717, 1.165) is 0 Å². The van der Waals surface area contributed by atoms with Crippen LogP contribution in [-0.4, -0.2) is 67.5 Å². The number of methoxy groups -OCH3 is 1. The van der Waals surface area contributed by atoms with E-state index in [1.807, 2.05) is 4.90 Å². The third kappa shape index (κ3) is 5.71. The van der Waals surface area contributed by atoms with Crippen molar-refractivity contribution in [3.8, 4) is 28.9 Å². The molecule has 0 aliphatic carbocycles. The summed E-state index contributed by atoms with van der Waals surface area (Å²) in [5.74, 6) is -5.70. The van der Waals surface area contributed by atoms with Gasteiger partial charge in [0.25, 0.3) is 5.88 Å². The van der Waals surface area contributed by atoms with Gasteiger partial charge >= 0.3 is 5.97 Å². The van der Waals surface area contributed by atoms with Crippen molar-refractivity contribution >= 4 is 28.8 Å². The second kappa shape index (κ2) is 12.2. The quantitative estimate of drug-likeness (QED) is 0.141. The third-order valence-electron chi connectivity index (χ3n) is 6.60. The second-order valence-electron chi connectivity index (χ2n) is 9.44. The van der Waals surface area contributed by atoms with Crippen molar-refractivity contribution < 1.29 is 37.1 Å². The number of aromatic hydroxyl groups is 1. The number of nitrogens with zero attached hydrogens (tertiary/aromatic N) is 5. The molecule has 2 aromatic carbocycles. The zero-order valence-electron chi connectivity index (χ0n) is 23.4. The Morgan fingerprint density at radius 2 is 1.89 bits per heavy atom. The standard InChI is InChI=1S/C28H25F2N7O6S/c1-36-9-8-33-25(36)16-11-15(44(40)28-35-13-18(37(28)2)27(39)41-3)5-7-20(16)42-23-17(29)12-34-26(22(23)30)43-21-10-14(24(31)32)4-6-19(21)38/h4-8,10-13,25,38H,9H2,1-3H3,(H3,31,32). The van der Waals surface area contributed by atoms with Crippen molar-refractivity contribution in [2.75, 3.05) is 20.7 Å². The molecule has 4 N–H and O–H groups in total. The molecule has 2 unspecified atom stereocenters. The number of halogens is 2. The SMILES string of the molecule is COC(=O)c1cnc(S(=O)c2ccc(Oc3c(F)cnc(Oc4cc(C(=N)N)ccc4O)c3F)c(C3N=CCN3C)c2)n1C. The molecule has 2 aromatic heterocycles. The maximum Gasteiger partial charge on any atom is 0.356 e. The van der Waals surface area contributed by atoms with Crippen LogP contribution in [-0.2, 0) is 22.6 Å². The maximum atomic E-state index is 15.6. The molecule has 16 heteroatoms. The molecule has 13 nitrogen and oxygen atoms in total. The minimum Gasteiger partial charge on any atom is -0.504 e. The van der Waals surface area contributed by atoms with Crippen LogP contribution in [0.2, 0.25) is 0 Å². The van der Waals surface area contributed by atoms with E-state index in [1.165, 1.54) is 61.3 Å². The molecule has 0 amide bonds. The Morgan fingerprint density at radius 3 is 2.57 bits per heavy atom. The average molecular weight is 626 g/mol. The molecule has 1 aliphatic rings. The molecule has 0 spiro atoms. The molecule has 5 rings (SSSR count). The summed E-state index contributed by atoms with van der Waals surface area (Å²) in [5, 5.41) is 17.8. The Morgan fingerprint density at radius 1 is 1.11 bits per heavy atom. The normalized spacial score (nSPS) is 15.2. The van der Waals surface area contributed by atoms with Crippen molar-refractivity contribution in [2.24, 2.45) is 17.8 Å². The third-order valence-corrected chi connectivity index (χ3v) is 7.99. The maximum absolute atomic E-state index is 15.6. The first-order valence-corrected chi connectivity index (χ1v) is 13.9. The van der Waals surface area contributed by atoms with Gasteiger partial charge in [-0.2, -0.15) is 4.39 Å². The first kappa shape index (κ1) is 30.2. The lowest BCUT2D eigenvalue weighted by molar-refractivity contribution is 0.0589. The molecule has 228 valence electrons. The van der Waals surface area contributed by atoms with Crippen LogP contribution in [0.1, 0.15) is 27.8 Å². The fourth-order valence-electron chi connectivity index (χ4n) is 4.28. The van der Waals surface area contributed by atoms with Gasteiger partial charge in [0, 0.05) is 35.8 Å². The van der Waals surface area contributed by atoms with Gasteiger partial charge < -0.3 is 29.6 Å². The van der Waals surface area contributed by atoms with Gasteiger partial charge in [-0.3, -0.25) is 15.3 Å². The van der Waals surface area contributed by atoms with Gasteiger partial charge in [-0.25, -0.2) is 23.4 Å². The highest BCUT2D eigenvalue weighted by Gasteiger charge is 2.28. The number of amidine groups is 1. The Balaban J connectivity index is 1.52. The first-order valence-electron chi connectivity index (χ1n) is 12.7. The van der Waals surface area contributed by atoms with Crippen LogP contribution in [0.15, 0.2) is 63.8 Å². The number of nitrogens with two attached hydrogens (primary N) is 1. The predicted molar refractivity (Wildman–Crippen MR) is 153 cm³/mol. The number of nitrogens with one attached hydrogen (secondary N) is 1. The van der Waals surface area contributed by atoms with Crippen molar-refractivity contribution in [2.45, 2.75) is 16.2 Å². The number of rotatable bonds is 9. The lowest BCUT2D eigenvalue weighted by Crippen LogP contribution is -2.19. The minimum atomic E-state index is -1.88. The highest BCUT2D eigenvalue weighted by Crippen LogP contribution is 2.40. The van der Waals surface area contributed by atoms with Crippen LogP contribution in [0.3, 0.4) is 0 Å². The number of hydrogen-bond donors (Lipinski definition) is 3. The molecular formula is C28H25F2N7O6S. The summed E-state index contributed by atoms with van der Waals surface area (Å²) in [7, 11) is 2.62. The number of hydrogen-bond acceptors (Lipinski definition) is 11. The summed E-state index contributed by atoms with van der Waals surface area (Å²) >= 11 is 0. The molecule has 0 saturated carbocycles. The molecule has 4 aromatic rings. The van der Waals surface area contributed by atoms with Crippen molar-refractivity contribution in [3.05, 3.63) is 77.2 Å². The fourth-order valence-corrected chi connectivity index (χ4v) is 5.41. The molecular weight excluding hydrogens is 600 g/mol. The summed E-state index contributed by atoms with van der Waals surface area (Å²) in [4.78, 5) is 26.3. The zero-order chi connectivity index (χ0) is 31.7. The van der Waals surface area contributed by atoms with Crippen LogP contribution in [0.5, 0.6) is 28.9 Å². The van der Waals surface area contributed by atoms with Crippen molar-refractivity contribution in [1.29, 1.82) is 5.41 Å². The number of esters is 1. The number of phenols is 1. The highest BCUT2D eigenvalue weighted by molar-refractivity contribution is 7.85. The van der Waals surface area contributed by atoms with Gasteiger partial charge in [0.05, 0.1) is 19.5 Å². The van der Waals surface area contributed by atoms with Crippen LogP contribution in [0.25, 0.3) is 0 Å². The predicted octanol–water partition coefficient (Wildman–Crippen LogP) is 3.64. The Labute approximate surface area is 251 Å². The fraction of sp³-hybridized carbons (Fsp3) is 0.179. The molecule has 0 fully saturated rings. The van der Waals surface area contributed by atoms with Crippen molar-refractivity contribution in [1.82, 2.24) is 19.4 Å². The van der Waals surface area contributed by atoms with E-state index >= 15 is 4.39 Å². The van der Waals surface area contributed by atoms with Crippen molar-refractivity contribution in [3.63, 3.8) is 0 Å². The smallest absolute Gasteiger partial charge is 0.356 e. The number of pyridine rings is 1. The van der Waals surface area contributed by atoms with Crippen LogP contribution in [0.4, 0.5) is 8.78 Å². The summed E-state index contributed by atoms with van der Waals surface area (Å²) in [6.07, 6.45) is 2.93. The Hall–Kier alpha value is -5.22. The topological polar surface area (TPSA) is 178 Å². The van der Waals surface area contributed by atoms with E-state index in [-0.39, 0.29) is 38.6 Å². The van der Waals surface area contributed by atoms with Gasteiger partial charge in [-0.15, -0.1) is 0 Å². The number of aromatic nitrogens is 3. The van der Waals surface area contributed by atoms with Crippen LogP contribution < -0.4 is 15.2 Å². The summed E-state index contributed by atoms with van der Waals surface area (Å²) in [5.41, 5.74) is 6.10. The average Bonchev–Trinajstić information content (AvgIpc) is 3.61. The molecule has 44 heavy (non-hydrogen) atoms. The molecule has 2 atom stereocenters. The van der Waals surface area contributed by atoms with Gasteiger partial charge in [0.2, 0.25) is 16.7 Å². The Kier molecular flexibility index (Phi) is 8.37. The largest absolute Gasteiger partial charge is 0.504 e. The number of nitrogen functional groups attached to an aromatic ring is 1. The first-order chi connectivity index (χ1) is 21.0. The van der Waals surface area contributed by atoms with Gasteiger partial charge in [0.1, 0.15) is 34.2 Å². The molecule has 3 heterocycles. The lowest BCUT2D eigenvalue weighted by atomic mass is 10.1. The Bertz CT molecular complexity index is 1850. The number of benzene rings is 2. The van der Waals surface area contributed by atoms with E-state index in [9.17, 15) is 18.5 Å². The lowest BCUT2D eigenvalue weighted by Gasteiger charge is -2.22.